The fourth-order valence-corrected chi connectivity index (χ4v) is 1.91. The number of hydrogen-bond acceptors (Lipinski definition) is 4. The minimum Gasteiger partial charge on any atom is -0.493 e. The Kier molecular flexibility index (Phi) is 6.15. The first-order valence-corrected chi connectivity index (χ1v) is 6.56. The third kappa shape index (κ3) is 5.06. The van der Waals surface area contributed by atoms with Crippen LogP contribution in [0.15, 0.2) is 22.7 Å². The van der Waals surface area contributed by atoms with E-state index >= 15 is 0 Å². The molecule has 0 aliphatic heterocycles. The van der Waals surface area contributed by atoms with Crippen molar-refractivity contribution in [1.82, 2.24) is 0 Å². The van der Waals surface area contributed by atoms with Crippen LogP contribution >= 0.6 is 15.9 Å². The van der Waals surface area contributed by atoms with Crippen molar-refractivity contribution in [2.24, 2.45) is 5.73 Å². The van der Waals surface area contributed by atoms with Gasteiger partial charge in [0.25, 0.3) is 0 Å². The van der Waals surface area contributed by atoms with Crippen LogP contribution in [0.25, 0.3) is 0 Å². The largest absolute Gasteiger partial charge is 0.493 e. The molecule has 0 aliphatic carbocycles. The van der Waals surface area contributed by atoms with E-state index in [0.717, 1.165) is 22.2 Å². The summed E-state index contributed by atoms with van der Waals surface area (Å²) in [7, 11) is 1.36. The first kappa shape index (κ1) is 15.0. The molecule has 0 fully saturated rings. The zero-order valence-corrected chi connectivity index (χ0v) is 12.2. The maximum atomic E-state index is 10.9. The number of carbonyl (C=O) groups is 1. The number of halogens is 1. The molecule has 18 heavy (non-hydrogen) atoms. The van der Waals surface area contributed by atoms with Crippen molar-refractivity contribution in [3.8, 4) is 5.75 Å². The molecule has 0 saturated carbocycles. The molecule has 1 aromatic carbocycles. The van der Waals surface area contributed by atoms with Crippen molar-refractivity contribution in [3.05, 3.63) is 28.2 Å². The molecule has 0 heterocycles. The van der Waals surface area contributed by atoms with Crippen molar-refractivity contribution in [2.75, 3.05) is 13.7 Å². The lowest BCUT2D eigenvalue weighted by atomic mass is 10.1. The molecule has 1 unspecified atom stereocenters. The van der Waals surface area contributed by atoms with Crippen LogP contribution in [-0.4, -0.2) is 25.7 Å². The number of ether oxygens (including phenoxy) is 2. The Balaban J connectivity index is 2.58. The molecular weight excluding hydrogens is 298 g/mol. The van der Waals surface area contributed by atoms with E-state index in [1.165, 1.54) is 7.11 Å². The van der Waals surface area contributed by atoms with Gasteiger partial charge in [-0.2, -0.15) is 0 Å². The van der Waals surface area contributed by atoms with Crippen molar-refractivity contribution in [2.45, 2.75) is 25.8 Å². The Morgan fingerprint density at radius 3 is 2.83 bits per heavy atom. The van der Waals surface area contributed by atoms with Gasteiger partial charge >= 0.3 is 5.97 Å². The van der Waals surface area contributed by atoms with Gasteiger partial charge in [0.05, 0.1) is 20.1 Å². The SMILES string of the molecule is COC(=O)CCOc1ccc(Br)c(CC(C)N)c1. The number of carbonyl (C=O) groups excluding carboxylic acids is 1. The summed E-state index contributed by atoms with van der Waals surface area (Å²) in [5.41, 5.74) is 6.88. The van der Waals surface area contributed by atoms with Gasteiger partial charge < -0.3 is 15.2 Å². The van der Waals surface area contributed by atoms with E-state index in [2.05, 4.69) is 20.7 Å². The zero-order chi connectivity index (χ0) is 13.5. The fraction of sp³-hybridized carbons (Fsp3) is 0.462. The van der Waals surface area contributed by atoms with Gasteiger partial charge in [0.1, 0.15) is 5.75 Å². The number of nitrogens with two attached hydrogens (primary N) is 1. The van der Waals surface area contributed by atoms with Crippen LogP contribution in [0.2, 0.25) is 0 Å². The summed E-state index contributed by atoms with van der Waals surface area (Å²) < 4.78 is 11.0. The Morgan fingerprint density at radius 2 is 2.22 bits per heavy atom. The van der Waals surface area contributed by atoms with Crippen LogP contribution in [0.3, 0.4) is 0 Å². The van der Waals surface area contributed by atoms with E-state index < -0.39 is 0 Å². The average molecular weight is 316 g/mol. The molecule has 0 radical (unpaired) electrons. The summed E-state index contributed by atoms with van der Waals surface area (Å²) in [4.78, 5) is 10.9. The topological polar surface area (TPSA) is 61.5 Å². The first-order valence-electron chi connectivity index (χ1n) is 5.76. The minimum absolute atomic E-state index is 0.0895. The maximum Gasteiger partial charge on any atom is 0.308 e. The summed E-state index contributed by atoms with van der Waals surface area (Å²) in [6, 6.07) is 5.80. The number of rotatable bonds is 6. The van der Waals surface area contributed by atoms with Gasteiger partial charge in [-0.1, -0.05) is 15.9 Å². The Hall–Kier alpha value is -1.07. The van der Waals surface area contributed by atoms with Gasteiger partial charge in [0, 0.05) is 10.5 Å². The highest BCUT2D eigenvalue weighted by atomic mass is 79.9. The van der Waals surface area contributed by atoms with E-state index in [9.17, 15) is 4.79 Å². The molecule has 100 valence electrons. The summed E-state index contributed by atoms with van der Waals surface area (Å²) in [5.74, 6) is 0.459. The van der Waals surface area contributed by atoms with Gasteiger partial charge in [0.15, 0.2) is 0 Å². The summed E-state index contributed by atoms with van der Waals surface area (Å²) >= 11 is 3.48. The third-order valence-electron chi connectivity index (χ3n) is 2.36. The van der Waals surface area contributed by atoms with Crippen LogP contribution in [0, 0.1) is 0 Å². The molecule has 4 nitrogen and oxygen atoms in total. The van der Waals surface area contributed by atoms with Gasteiger partial charge in [-0.15, -0.1) is 0 Å². The molecule has 0 bridgehead atoms. The third-order valence-corrected chi connectivity index (χ3v) is 3.14. The molecule has 0 spiro atoms. The molecule has 1 rings (SSSR count). The Bertz CT molecular complexity index is 407. The number of benzene rings is 1. The number of hydrogen-bond donors (Lipinski definition) is 1. The molecule has 2 N–H and O–H groups in total. The summed E-state index contributed by atoms with van der Waals surface area (Å²) in [6.45, 7) is 2.27. The highest BCUT2D eigenvalue weighted by Gasteiger charge is 2.06. The van der Waals surface area contributed by atoms with Crippen molar-refractivity contribution in [3.63, 3.8) is 0 Å². The molecule has 5 heteroatoms. The smallest absolute Gasteiger partial charge is 0.308 e. The van der Waals surface area contributed by atoms with E-state index in [4.69, 9.17) is 10.5 Å². The highest BCUT2D eigenvalue weighted by Crippen LogP contribution is 2.23. The molecular formula is C13H18BrNO3. The minimum atomic E-state index is -0.275. The van der Waals surface area contributed by atoms with Crippen LogP contribution < -0.4 is 10.5 Å². The molecule has 0 amide bonds. The number of esters is 1. The van der Waals surface area contributed by atoms with Crippen LogP contribution in [-0.2, 0) is 16.0 Å². The Morgan fingerprint density at radius 1 is 1.50 bits per heavy atom. The van der Waals surface area contributed by atoms with E-state index in [1.807, 2.05) is 25.1 Å². The van der Waals surface area contributed by atoms with Crippen molar-refractivity contribution >= 4 is 21.9 Å². The predicted octanol–water partition coefficient (Wildman–Crippen LogP) is 2.28. The second kappa shape index (κ2) is 7.38. The fourth-order valence-electron chi connectivity index (χ4n) is 1.50. The van der Waals surface area contributed by atoms with Gasteiger partial charge in [-0.05, 0) is 37.1 Å². The second-order valence-electron chi connectivity index (χ2n) is 4.11. The second-order valence-corrected chi connectivity index (χ2v) is 4.96. The van der Waals surface area contributed by atoms with Gasteiger partial charge in [0.2, 0.25) is 0 Å². The van der Waals surface area contributed by atoms with Gasteiger partial charge in [-0.3, -0.25) is 4.79 Å². The van der Waals surface area contributed by atoms with Crippen molar-refractivity contribution in [1.29, 1.82) is 0 Å². The normalized spacial score (nSPS) is 12.0. The van der Waals surface area contributed by atoms with E-state index in [-0.39, 0.29) is 18.4 Å². The molecule has 1 aromatic rings. The molecule has 0 aromatic heterocycles. The average Bonchev–Trinajstić information content (AvgIpc) is 2.32. The zero-order valence-electron chi connectivity index (χ0n) is 10.6. The lowest BCUT2D eigenvalue weighted by Crippen LogP contribution is -2.18. The quantitative estimate of drug-likeness (QED) is 0.818. The Labute approximate surface area is 116 Å². The lowest BCUT2D eigenvalue weighted by molar-refractivity contribution is -0.141. The van der Waals surface area contributed by atoms with Crippen LogP contribution in [0.1, 0.15) is 18.9 Å². The summed E-state index contributed by atoms with van der Waals surface area (Å²) in [6.07, 6.45) is 1.02. The monoisotopic (exact) mass is 315 g/mol. The molecule has 1 atom stereocenters. The maximum absolute atomic E-state index is 10.9. The predicted molar refractivity (Wildman–Crippen MR) is 73.6 cm³/mol. The molecule has 0 saturated heterocycles. The van der Waals surface area contributed by atoms with Crippen molar-refractivity contribution < 1.29 is 14.3 Å². The number of methoxy groups -OCH3 is 1. The van der Waals surface area contributed by atoms with Crippen LogP contribution in [0.5, 0.6) is 5.75 Å². The highest BCUT2D eigenvalue weighted by molar-refractivity contribution is 9.10. The van der Waals surface area contributed by atoms with Crippen LogP contribution in [0.4, 0.5) is 0 Å². The summed E-state index contributed by atoms with van der Waals surface area (Å²) in [5, 5.41) is 0. The standard InChI is InChI=1S/C13H18BrNO3/c1-9(15)7-10-8-11(3-4-12(10)14)18-6-5-13(16)17-2/h3-4,8-9H,5-7,15H2,1-2H3. The molecule has 0 aliphatic rings. The van der Waals surface area contributed by atoms with Gasteiger partial charge in [-0.25, -0.2) is 0 Å². The first-order chi connectivity index (χ1) is 8.52. The lowest BCUT2D eigenvalue weighted by Gasteiger charge is -2.11. The van der Waals surface area contributed by atoms with E-state index in [0.29, 0.717) is 6.61 Å². The van der Waals surface area contributed by atoms with E-state index in [1.54, 1.807) is 0 Å².